The maximum atomic E-state index is 12.9. The third-order valence-electron chi connectivity index (χ3n) is 12.7. The quantitative estimate of drug-likeness (QED) is 0.0262. The van der Waals surface area contributed by atoms with Gasteiger partial charge < -0.3 is 14.2 Å². The van der Waals surface area contributed by atoms with Crippen LogP contribution in [0.5, 0.6) is 0 Å². The maximum absolute atomic E-state index is 12.9. The summed E-state index contributed by atoms with van der Waals surface area (Å²) in [4.78, 5) is 38.2. The van der Waals surface area contributed by atoms with Gasteiger partial charge in [0, 0.05) is 19.3 Å². The number of ether oxygens (including phenoxy) is 3. The zero-order valence-electron chi connectivity index (χ0n) is 45.6. The molecule has 6 heteroatoms. The Morgan fingerprint density at radius 3 is 0.855 bits per heavy atom. The molecule has 0 saturated heterocycles. The van der Waals surface area contributed by atoms with E-state index in [0.29, 0.717) is 19.3 Å². The van der Waals surface area contributed by atoms with Crippen LogP contribution in [0.3, 0.4) is 0 Å². The van der Waals surface area contributed by atoms with E-state index in [1.165, 1.54) is 161 Å². The Bertz CT molecular complexity index is 1290. The smallest absolute Gasteiger partial charge is 0.306 e. The summed E-state index contributed by atoms with van der Waals surface area (Å²) in [6, 6.07) is 0. The van der Waals surface area contributed by atoms with Crippen LogP contribution < -0.4 is 0 Å². The molecule has 69 heavy (non-hydrogen) atoms. The SMILES string of the molecule is CCCCC/C=C\C/C=C\C/C=C\CCCCCCCCC(=O)OC[C@@H](COC(=O)CCCCCCC/C=C\CCCCCC)OC(=O)CCCCCCCCCCC/C=C\C/C=C\CCCCC. The van der Waals surface area contributed by atoms with E-state index < -0.39 is 6.10 Å². The molecule has 6 nitrogen and oxygen atoms in total. The van der Waals surface area contributed by atoms with Gasteiger partial charge in [0.2, 0.25) is 0 Å². The zero-order chi connectivity index (χ0) is 50.0. The average Bonchev–Trinajstić information content (AvgIpc) is 3.35. The minimum absolute atomic E-state index is 0.0851. The molecule has 0 aliphatic heterocycles. The van der Waals surface area contributed by atoms with Crippen molar-refractivity contribution in [3.8, 4) is 0 Å². The molecule has 0 aliphatic carbocycles. The van der Waals surface area contributed by atoms with Gasteiger partial charge in [0.15, 0.2) is 6.10 Å². The number of esters is 3. The summed E-state index contributed by atoms with van der Waals surface area (Å²) in [5.41, 5.74) is 0. The van der Waals surface area contributed by atoms with Crippen LogP contribution in [0.4, 0.5) is 0 Å². The van der Waals surface area contributed by atoms with Gasteiger partial charge in [0.25, 0.3) is 0 Å². The monoisotopic (exact) mass is 963 g/mol. The van der Waals surface area contributed by atoms with Gasteiger partial charge >= 0.3 is 17.9 Å². The minimum atomic E-state index is -0.787. The molecule has 0 aromatic rings. The molecule has 0 aromatic heterocycles. The second-order valence-corrected chi connectivity index (χ2v) is 19.5. The predicted octanol–water partition coefficient (Wildman–Crippen LogP) is 19.8. The van der Waals surface area contributed by atoms with Crippen molar-refractivity contribution in [1.29, 1.82) is 0 Å². The number of carbonyl (C=O) groups excluding carboxylic acids is 3. The molecule has 0 rings (SSSR count). The molecule has 0 aromatic carbocycles. The molecule has 0 amide bonds. The summed E-state index contributed by atoms with van der Waals surface area (Å²) in [6.45, 7) is 6.57. The lowest BCUT2D eigenvalue weighted by molar-refractivity contribution is -0.167. The molecule has 0 N–H and O–H groups in total. The van der Waals surface area contributed by atoms with Gasteiger partial charge in [-0.25, -0.2) is 0 Å². The second-order valence-electron chi connectivity index (χ2n) is 19.5. The molecular formula is C63H110O6. The molecule has 0 radical (unpaired) electrons. The van der Waals surface area contributed by atoms with Gasteiger partial charge in [0.1, 0.15) is 13.2 Å². The fourth-order valence-corrected chi connectivity index (χ4v) is 8.18. The van der Waals surface area contributed by atoms with Crippen LogP contribution in [0.2, 0.25) is 0 Å². The average molecular weight is 964 g/mol. The van der Waals surface area contributed by atoms with Crippen LogP contribution >= 0.6 is 0 Å². The van der Waals surface area contributed by atoms with E-state index >= 15 is 0 Å². The summed E-state index contributed by atoms with van der Waals surface area (Å²) in [5.74, 6) is -0.901. The highest BCUT2D eigenvalue weighted by Gasteiger charge is 2.19. The van der Waals surface area contributed by atoms with Crippen molar-refractivity contribution in [2.45, 2.75) is 297 Å². The summed E-state index contributed by atoms with van der Waals surface area (Å²) in [7, 11) is 0. The summed E-state index contributed by atoms with van der Waals surface area (Å²) >= 11 is 0. The fourth-order valence-electron chi connectivity index (χ4n) is 8.18. The van der Waals surface area contributed by atoms with Crippen LogP contribution in [0.15, 0.2) is 72.9 Å². The number of carbonyl (C=O) groups is 3. The molecule has 0 saturated carbocycles. The van der Waals surface area contributed by atoms with Crippen molar-refractivity contribution in [1.82, 2.24) is 0 Å². The Kier molecular flexibility index (Phi) is 54.8. The highest BCUT2D eigenvalue weighted by atomic mass is 16.6. The zero-order valence-corrected chi connectivity index (χ0v) is 45.6. The van der Waals surface area contributed by atoms with Gasteiger partial charge in [-0.05, 0) is 116 Å². The van der Waals surface area contributed by atoms with Crippen molar-refractivity contribution in [2.24, 2.45) is 0 Å². The van der Waals surface area contributed by atoms with E-state index in [9.17, 15) is 14.4 Å². The van der Waals surface area contributed by atoms with E-state index in [2.05, 4.69) is 93.7 Å². The summed E-state index contributed by atoms with van der Waals surface area (Å²) in [5, 5.41) is 0. The fraction of sp³-hybridized carbons (Fsp3) is 0.762. The first-order valence-electron chi connectivity index (χ1n) is 29.4. The summed E-state index contributed by atoms with van der Waals surface area (Å²) in [6.07, 6.45) is 73.1. The Labute approximate surface area is 427 Å². The van der Waals surface area contributed by atoms with Gasteiger partial charge in [-0.1, -0.05) is 229 Å². The number of hydrogen-bond donors (Lipinski definition) is 0. The van der Waals surface area contributed by atoms with E-state index in [1.54, 1.807) is 0 Å². The van der Waals surface area contributed by atoms with Gasteiger partial charge in [-0.15, -0.1) is 0 Å². The number of hydrogen-bond acceptors (Lipinski definition) is 6. The van der Waals surface area contributed by atoms with Crippen molar-refractivity contribution in [3.63, 3.8) is 0 Å². The number of unbranched alkanes of at least 4 members (excludes halogenated alkanes) is 30. The summed E-state index contributed by atoms with van der Waals surface area (Å²) < 4.78 is 16.9. The molecule has 0 aliphatic rings. The first-order chi connectivity index (χ1) is 34.0. The van der Waals surface area contributed by atoms with Crippen molar-refractivity contribution in [2.75, 3.05) is 13.2 Å². The maximum Gasteiger partial charge on any atom is 0.306 e. The molecule has 0 fully saturated rings. The first kappa shape index (κ1) is 65.8. The Morgan fingerprint density at radius 1 is 0.290 bits per heavy atom. The molecule has 0 unspecified atom stereocenters. The van der Waals surface area contributed by atoms with Crippen molar-refractivity contribution in [3.05, 3.63) is 72.9 Å². The van der Waals surface area contributed by atoms with E-state index in [4.69, 9.17) is 14.2 Å². The van der Waals surface area contributed by atoms with E-state index in [1.807, 2.05) is 0 Å². The highest BCUT2D eigenvalue weighted by molar-refractivity contribution is 5.71. The largest absolute Gasteiger partial charge is 0.462 e. The van der Waals surface area contributed by atoms with Crippen LogP contribution in [-0.2, 0) is 28.6 Å². The molecule has 0 bridgehead atoms. The lowest BCUT2D eigenvalue weighted by Gasteiger charge is -2.18. The molecule has 1 atom stereocenters. The standard InChI is InChI=1S/C63H110O6/c1-4-7-10-13-16-19-22-25-27-29-31-33-35-38-41-44-47-50-53-56-62(65)68-59-60(58-67-61(64)55-52-49-46-43-40-37-24-21-18-15-12-9-6-3)69-63(66)57-54-51-48-45-42-39-36-34-32-30-28-26-23-20-17-14-11-8-5-2/h16-17,19-21,24-28,31,33,60H,4-15,18,22-23,29-30,32,34-59H2,1-3H3/b19-16-,20-17-,24-21-,27-25-,28-26-,33-31-/t60-/m1/s1. The Balaban J connectivity index is 4.39. The van der Waals surface area contributed by atoms with Crippen LogP contribution in [0.1, 0.15) is 290 Å². The first-order valence-corrected chi connectivity index (χ1v) is 29.4. The number of rotatable bonds is 53. The van der Waals surface area contributed by atoms with Crippen LogP contribution in [0, 0.1) is 0 Å². The third-order valence-corrected chi connectivity index (χ3v) is 12.7. The Morgan fingerprint density at radius 2 is 0.522 bits per heavy atom. The molecule has 0 heterocycles. The van der Waals surface area contributed by atoms with Gasteiger partial charge in [-0.2, -0.15) is 0 Å². The predicted molar refractivity (Wildman–Crippen MR) is 298 cm³/mol. The Hall–Kier alpha value is -3.15. The normalized spacial score (nSPS) is 12.6. The minimum Gasteiger partial charge on any atom is -0.462 e. The lowest BCUT2D eigenvalue weighted by atomic mass is 10.1. The molecular weight excluding hydrogens is 853 g/mol. The number of allylic oxidation sites excluding steroid dienone is 12. The van der Waals surface area contributed by atoms with Gasteiger partial charge in [-0.3, -0.25) is 14.4 Å². The lowest BCUT2D eigenvalue weighted by Crippen LogP contribution is -2.30. The van der Waals surface area contributed by atoms with E-state index in [0.717, 1.165) is 89.9 Å². The third kappa shape index (κ3) is 55.6. The highest BCUT2D eigenvalue weighted by Crippen LogP contribution is 2.15. The van der Waals surface area contributed by atoms with E-state index in [-0.39, 0.29) is 31.1 Å². The van der Waals surface area contributed by atoms with Crippen LogP contribution in [-0.4, -0.2) is 37.2 Å². The topological polar surface area (TPSA) is 78.9 Å². The van der Waals surface area contributed by atoms with Gasteiger partial charge in [0.05, 0.1) is 0 Å². The molecule has 398 valence electrons. The molecule has 0 spiro atoms. The van der Waals surface area contributed by atoms with Crippen molar-refractivity contribution >= 4 is 17.9 Å². The second kappa shape index (κ2) is 57.4. The van der Waals surface area contributed by atoms with Crippen molar-refractivity contribution < 1.29 is 28.6 Å². The van der Waals surface area contributed by atoms with Crippen LogP contribution in [0.25, 0.3) is 0 Å².